The van der Waals surface area contributed by atoms with E-state index in [2.05, 4.69) is 38.7 Å². The quantitative estimate of drug-likeness (QED) is 0.758. The largest absolute Gasteiger partial charge is 0.298 e. The summed E-state index contributed by atoms with van der Waals surface area (Å²) >= 11 is 0. The topological polar surface area (TPSA) is 20.3 Å². The van der Waals surface area contributed by atoms with E-state index in [9.17, 15) is 4.79 Å². The minimum absolute atomic E-state index is 0.0183. The van der Waals surface area contributed by atoms with Crippen LogP contribution in [0.1, 0.15) is 43.6 Å². The average molecular weight is 245 g/mol. The third-order valence-electron chi connectivity index (χ3n) is 4.37. The molecule has 1 saturated heterocycles. The average Bonchev–Trinajstić information content (AvgIpc) is 2.26. The zero-order chi connectivity index (χ0) is 13.3. The molecule has 0 unspecified atom stereocenters. The van der Waals surface area contributed by atoms with Gasteiger partial charge in [0.25, 0.3) is 0 Å². The predicted molar refractivity (Wildman–Crippen MR) is 74.8 cm³/mol. The molecule has 0 N–H and O–H groups in total. The summed E-state index contributed by atoms with van der Waals surface area (Å²) in [4.78, 5) is 13.4. The number of hydrogen-bond donors (Lipinski definition) is 0. The molecule has 98 valence electrons. The second-order valence-corrected chi connectivity index (χ2v) is 6.21. The van der Waals surface area contributed by atoms with Gasteiger partial charge >= 0.3 is 0 Å². The van der Waals surface area contributed by atoms with Crippen molar-refractivity contribution in [3.8, 4) is 0 Å². The second-order valence-electron chi connectivity index (χ2n) is 6.21. The summed E-state index contributed by atoms with van der Waals surface area (Å²) in [6.07, 6.45) is 0.923. The monoisotopic (exact) mass is 245 g/mol. The number of rotatable bonds is 4. The molecule has 2 heteroatoms. The third-order valence-corrected chi connectivity index (χ3v) is 4.37. The van der Waals surface area contributed by atoms with Gasteiger partial charge in [-0.25, -0.2) is 0 Å². The highest BCUT2D eigenvalue weighted by molar-refractivity contribution is 5.75. The van der Waals surface area contributed by atoms with Crippen molar-refractivity contribution in [3.63, 3.8) is 0 Å². The Balaban J connectivity index is 2.13. The fourth-order valence-corrected chi connectivity index (χ4v) is 2.57. The van der Waals surface area contributed by atoms with Gasteiger partial charge in [0, 0.05) is 24.2 Å². The molecule has 0 bridgehead atoms. The molecular formula is C16H23NO. The number of carbonyl (C=O) groups is 1. The number of likely N-dealkylation sites (tertiary alicyclic amines) is 1. The van der Waals surface area contributed by atoms with Gasteiger partial charge in [-0.05, 0) is 37.3 Å². The first-order chi connectivity index (χ1) is 8.45. The van der Waals surface area contributed by atoms with E-state index in [1.807, 2.05) is 18.2 Å². The smallest absolute Gasteiger partial charge is 0.150 e. The molecule has 0 atom stereocenters. The zero-order valence-corrected chi connectivity index (χ0v) is 11.8. The molecule has 1 aliphatic rings. The molecule has 0 radical (unpaired) electrons. The van der Waals surface area contributed by atoms with Crippen LogP contribution < -0.4 is 0 Å². The maximum atomic E-state index is 10.9. The van der Waals surface area contributed by atoms with Crippen molar-refractivity contribution in [2.45, 2.75) is 33.2 Å². The summed E-state index contributed by atoms with van der Waals surface area (Å²) in [5.41, 5.74) is 2.01. The van der Waals surface area contributed by atoms with Gasteiger partial charge in [0.1, 0.15) is 6.29 Å². The Morgan fingerprint density at radius 1 is 1.33 bits per heavy atom. The normalized spacial score (nSPS) is 17.8. The molecule has 18 heavy (non-hydrogen) atoms. The fraction of sp³-hybridized carbons (Fsp3) is 0.562. The Hall–Kier alpha value is -1.15. The van der Waals surface area contributed by atoms with E-state index >= 15 is 0 Å². The summed E-state index contributed by atoms with van der Waals surface area (Å²) in [5, 5.41) is 0. The molecule has 1 aromatic rings. The lowest BCUT2D eigenvalue weighted by Crippen LogP contribution is -2.56. The molecule has 1 aliphatic heterocycles. The minimum Gasteiger partial charge on any atom is -0.298 e. The second kappa shape index (κ2) is 4.85. The van der Waals surface area contributed by atoms with Crippen LogP contribution in [-0.2, 0) is 5.54 Å². The zero-order valence-electron chi connectivity index (χ0n) is 11.8. The molecule has 0 aliphatic carbocycles. The molecular weight excluding hydrogens is 222 g/mol. The molecule has 1 heterocycles. The van der Waals surface area contributed by atoms with Gasteiger partial charge in [-0.15, -0.1) is 0 Å². The SMILES string of the molecule is CC(C)C1CN(C(C)(C)c2cccc(C=O)c2)C1. The highest BCUT2D eigenvalue weighted by Gasteiger charge is 2.39. The summed E-state index contributed by atoms with van der Waals surface area (Å²) in [6.45, 7) is 11.4. The van der Waals surface area contributed by atoms with Crippen molar-refractivity contribution in [2.75, 3.05) is 13.1 Å². The Kier molecular flexibility index (Phi) is 3.58. The van der Waals surface area contributed by atoms with Crippen LogP contribution >= 0.6 is 0 Å². The number of hydrogen-bond acceptors (Lipinski definition) is 2. The van der Waals surface area contributed by atoms with Crippen molar-refractivity contribution in [1.82, 2.24) is 4.90 Å². The molecule has 2 rings (SSSR count). The van der Waals surface area contributed by atoms with Crippen LogP contribution in [0.25, 0.3) is 0 Å². The molecule has 1 aromatic carbocycles. The Labute approximate surface area is 110 Å². The standard InChI is InChI=1S/C16H23NO/c1-12(2)14-9-17(10-14)16(3,4)15-7-5-6-13(8-15)11-18/h5-8,11-12,14H,9-10H2,1-4H3. The van der Waals surface area contributed by atoms with Crippen molar-refractivity contribution in [3.05, 3.63) is 35.4 Å². The van der Waals surface area contributed by atoms with Crippen LogP contribution in [0.2, 0.25) is 0 Å². The van der Waals surface area contributed by atoms with Crippen LogP contribution in [-0.4, -0.2) is 24.3 Å². The summed E-state index contributed by atoms with van der Waals surface area (Å²) < 4.78 is 0. The van der Waals surface area contributed by atoms with E-state index < -0.39 is 0 Å². The number of nitrogens with zero attached hydrogens (tertiary/aromatic N) is 1. The van der Waals surface area contributed by atoms with Crippen molar-refractivity contribution in [2.24, 2.45) is 11.8 Å². The maximum Gasteiger partial charge on any atom is 0.150 e. The summed E-state index contributed by atoms with van der Waals surface area (Å²) in [6, 6.07) is 7.96. The lowest BCUT2D eigenvalue weighted by molar-refractivity contribution is -0.0179. The third kappa shape index (κ3) is 2.35. The molecule has 0 aromatic heterocycles. The minimum atomic E-state index is 0.0183. The van der Waals surface area contributed by atoms with Crippen LogP contribution in [0.15, 0.2) is 24.3 Å². The first-order valence-corrected chi connectivity index (χ1v) is 6.76. The van der Waals surface area contributed by atoms with Gasteiger partial charge in [0.15, 0.2) is 0 Å². The number of carbonyl (C=O) groups excluding carboxylic acids is 1. The Morgan fingerprint density at radius 2 is 2.00 bits per heavy atom. The van der Waals surface area contributed by atoms with Gasteiger partial charge in [-0.1, -0.05) is 32.0 Å². The summed E-state index contributed by atoms with van der Waals surface area (Å²) in [5.74, 6) is 1.58. The van der Waals surface area contributed by atoms with Crippen LogP contribution in [0.4, 0.5) is 0 Å². The molecule has 0 amide bonds. The van der Waals surface area contributed by atoms with E-state index in [0.717, 1.165) is 36.8 Å². The summed E-state index contributed by atoms with van der Waals surface area (Å²) in [7, 11) is 0. The predicted octanol–water partition coefficient (Wildman–Crippen LogP) is 3.32. The van der Waals surface area contributed by atoms with Crippen LogP contribution in [0, 0.1) is 11.8 Å². The first-order valence-electron chi connectivity index (χ1n) is 6.76. The molecule has 2 nitrogen and oxygen atoms in total. The number of aldehydes is 1. The van der Waals surface area contributed by atoms with Crippen LogP contribution in [0.5, 0.6) is 0 Å². The number of benzene rings is 1. The van der Waals surface area contributed by atoms with Gasteiger partial charge < -0.3 is 0 Å². The van der Waals surface area contributed by atoms with E-state index in [1.165, 1.54) is 5.56 Å². The van der Waals surface area contributed by atoms with E-state index in [0.29, 0.717) is 0 Å². The van der Waals surface area contributed by atoms with Crippen molar-refractivity contribution < 1.29 is 4.79 Å². The molecule has 0 spiro atoms. The molecule has 0 saturated carbocycles. The van der Waals surface area contributed by atoms with Crippen LogP contribution in [0.3, 0.4) is 0 Å². The van der Waals surface area contributed by atoms with E-state index in [1.54, 1.807) is 0 Å². The fourth-order valence-electron chi connectivity index (χ4n) is 2.57. The lowest BCUT2D eigenvalue weighted by Gasteiger charge is -2.51. The Morgan fingerprint density at radius 3 is 2.56 bits per heavy atom. The lowest BCUT2D eigenvalue weighted by atomic mass is 9.81. The first kappa shape index (κ1) is 13.3. The van der Waals surface area contributed by atoms with E-state index in [4.69, 9.17) is 0 Å². The van der Waals surface area contributed by atoms with Gasteiger partial charge in [-0.3, -0.25) is 9.69 Å². The van der Waals surface area contributed by atoms with E-state index in [-0.39, 0.29) is 5.54 Å². The van der Waals surface area contributed by atoms with Crippen molar-refractivity contribution in [1.29, 1.82) is 0 Å². The van der Waals surface area contributed by atoms with Gasteiger partial charge in [0.2, 0.25) is 0 Å². The van der Waals surface area contributed by atoms with Gasteiger partial charge in [0.05, 0.1) is 0 Å². The molecule has 1 fully saturated rings. The highest BCUT2D eigenvalue weighted by Crippen LogP contribution is 2.36. The van der Waals surface area contributed by atoms with Crippen molar-refractivity contribution >= 4 is 6.29 Å². The maximum absolute atomic E-state index is 10.9. The van der Waals surface area contributed by atoms with Gasteiger partial charge in [-0.2, -0.15) is 0 Å². The highest BCUT2D eigenvalue weighted by atomic mass is 16.1. The Bertz CT molecular complexity index is 430.